The molecule has 0 aromatic carbocycles. The third kappa shape index (κ3) is 4.06. The first-order valence-electron chi connectivity index (χ1n) is 7.92. The van der Waals surface area contributed by atoms with Gasteiger partial charge in [-0.25, -0.2) is 4.98 Å². The van der Waals surface area contributed by atoms with Crippen LogP contribution in [0.3, 0.4) is 0 Å². The zero-order valence-electron chi connectivity index (χ0n) is 14.6. The van der Waals surface area contributed by atoms with Gasteiger partial charge in [0.25, 0.3) is 5.91 Å². The lowest BCUT2D eigenvalue weighted by Gasteiger charge is -2.23. The first-order valence-corrected chi connectivity index (χ1v) is 8.80. The Kier molecular flexibility index (Phi) is 5.01. The number of furan rings is 1. The number of carbonyl (C=O) groups excluding carboxylic acids is 1. The molecule has 1 amide bonds. The van der Waals surface area contributed by atoms with Crippen LogP contribution in [0.4, 0.5) is 10.9 Å². The molecule has 3 rings (SSSR count). The summed E-state index contributed by atoms with van der Waals surface area (Å²) in [4.78, 5) is 16.3. The van der Waals surface area contributed by atoms with Crippen LogP contribution in [0, 0.1) is 13.8 Å². The molecule has 0 aliphatic heterocycles. The predicted octanol–water partition coefficient (Wildman–Crippen LogP) is 2.71. The van der Waals surface area contributed by atoms with E-state index in [9.17, 15) is 9.90 Å². The van der Waals surface area contributed by atoms with E-state index in [1.54, 1.807) is 19.1 Å². The Morgan fingerprint density at radius 1 is 1.38 bits per heavy atom. The topological polar surface area (TPSA) is 113 Å². The van der Waals surface area contributed by atoms with Crippen LogP contribution in [0.2, 0.25) is 0 Å². The standard InChI is InChI=1S/C17H19N5O3S/c1-10-6-13(11(2)25-10)17(3,24)8-19-14-5-4-12(7-18-14)15(23)21-16-22-20-9-26-16/h4-7,9,24H,8H2,1-3H3,(H,18,19)(H,21,22,23). The van der Waals surface area contributed by atoms with Crippen molar-refractivity contribution in [2.75, 3.05) is 17.2 Å². The van der Waals surface area contributed by atoms with Crippen LogP contribution in [0.5, 0.6) is 0 Å². The molecule has 0 aliphatic carbocycles. The van der Waals surface area contributed by atoms with Crippen LogP contribution in [0.15, 0.2) is 34.3 Å². The number of carbonyl (C=O) groups is 1. The van der Waals surface area contributed by atoms with Gasteiger partial charge >= 0.3 is 0 Å². The van der Waals surface area contributed by atoms with Crippen molar-refractivity contribution in [3.05, 3.63) is 52.6 Å². The number of hydrogen-bond acceptors (Lipinski definition) is 8. The van der Waals surface area contributed by atoms with Crippen molar-refractivity contribution in [1.29, 1.82) is 0 Å². The number of aryl methyl sites for hydroxylation is 2. The van der Waals surface area contributed by atoms with Gasteiger partial charge in [-0.05, 0) is 39.0 Å². The summed E-state index contributed by atoms with van der Waals surface area (Å²) in [5.74, 6) is 1.68. The van der Waals surface area contributed by atoms with Gasteiger partial charge in [0.15, 0.2) is 0 Å². The Labute approximate surface area is 154 Å². The van der Waals surface area contributed by atoms with Gasteiger partial charge in [-0.1, -0.05) is 11.3 Å². The van der Waals surface area contributed by atoms with E-state index in [0.717, 1.165) is 11.3 Å². The minimum atomic E-state index is -1.11. The number of rotatable bonds is 6. The molecule has 0 saturated heterocycles. The molecule has 8 nitrogen and oxygen atoms in total. The second-order valence-corrected chi connectivity index (χ2v) is 6.92. The molecule has 1 unspecified atom stereocenters. The molecule has 3 heterocycles. The van der Waals surface area contributed by atoms with Crippen molar-refractivity contribution in [2.45, 2.75) is 26.4 Å². The summed E-state index contributed by atoms with van der Waals surface area (Å²) < 4.78 is 5.48. The van der Waals surface area contributed by atoms with Crippen molar-refractivity contribution in [1.82, 2.24) is 15.2 Å². The maximum Gasteiger partial charge on any atom is 0.259 e. The fourth-order valence-corrected chi connectivity index (χ4v) is 2.99. The van der Waals surface area contributed by atoms with Crippen molar-refractivity contribution >= 4 is 28.2 Å². The molecule has 9 heteroatoms. The first kappa shape index (κ1) is 18.0. The molecule has 3 aromatic rings. The van der Waals surface area contributed by atoms with Crippen molar-refractivity contribution in [3.63, 3.8) is 0 Å². The Balaban J connectivity index is 1.62. The van der Waals surface area contributed by atoms with E-state index in [-0.39, 0.29) is 12.5 Å². The molecule has 136 valence electrons. The van der Waals surface area contributed by atoms with Crippen molar-refractivity contribution in [2.24, 2.45) is 0 Å². The monoisotopic (exact) mass is 373 g/mol. The largest absolute Gasteiger partial charge is 0.466 e. The summed E-state index contributed by atoms with van der Waals surface area (Å²) >= 11 is 1.24. The lowest BCUT2D eigenvalue weighted by molar-refractivity contribution is 0.0698. The maximum absolute atomic E-state index is 12.1. The fraction of sp³-hybridized carbons (Fsp3) is 0.294. The van der Waals surface area contributed by atoms with Crippen LogP contribution >= 0.6 is 11.3 Å². The van der Waals surface area contributed by atoms with Gasteiger partial charge in [0.1, 0.15) is 28.4 Å². The second kappa shape index (κ2) is 7.22. The van der Waals surface area contributed by atoms with E-state index in [0.29, 0.717) is 22.3 Å². The van der Waals surface area contributed by atoms with Crippen LogP contribution in [0.1, 0.15) is 34.4 Å². The van der Waals surface area contributed by atoms with Crippen LogP contribution in [-0.2, 0) is 5.60 Å². The number of amides is 1. The summed E-state index contributed by atoms with van der Waals surface area (Å²) in [6.07, 6.45) is 1.46. The summed E-state index contributed by atoms with van der Waals surface area (Å²) in [7, 11) is 0. The smallest absolute Gasteiger partial charge is 0.259 e. The van der Waals surface area contributed by atoms with E-state index in [1.165, 1.54) is 23.0 Å². The Morgan fingerprint density at radius 3 is 2.77 bits per heavy atom. The quantitative estimate of drug-likeness (QED) is 0.609. The van der Waals surface area contributed by atoms with E-state index in [2.05, 4.69) is 25.8 Å². The molecule has 1 atom stereocenters. The van der Waals surface area contributed by atoms with Gasteiger partial charge in [0, 0.05) is 18.3 Å². The van der Waals surface area contributed by atoms with Crippen LogP contribution in [-0.4, -0.2) is 32.7 Å². The second-order valence-electron chi connectivity index (χ2n) is 6.08. The Morgan fingerprint density at radius 2 is 2.19 bits per heavy atom. The number of nitrogens with zero attached hydrogens (tertiary/aromatic N) is 3. The molecule has 3 N–H and O–H groups in total. The minimum Gasteiger partial charge on any atom is -0.466 e. The van der Waals surface area contributed by atoms with E-state index < -0.39 is 5.60 Å². The molecular formula is C17H19N5O3S. The third-order valence-corrected chi connectivity index (χ3v) is 4.45. The lowest BCUT2D eigenvalue weighted by atomic mass is 9.96. The van der Waals surface area contributed by atoms with Gasteiger partial charge < -0.3 is 14.8 Å². The van der Waals surface area contributed by atoms with Crippen LogP contribution < -0.4 is 10.6 Å². The molecule has 0 spiro atoms. The summed E-state index contributed by atoms with van der Waals surface area (Å²) in [5, 5.41) is 24.3. The molecule has 0 aliphatic rings. The number of hydrogen-bond donors (Lipinski definition) is 3. The van der Waals surface area contributed by atoms with E-state index in [1.807, 2.05) is 19.9 Å². The zero-order chi connectivity index (χ0) is 18.7. The lowest BCUT2D eigenvalue weighted by Crippen LogP contribution is -2.31. The summed E-state index contributed by atoms with van der Waals surface area (Å²) in [6.45, 7) is 5.62. The van der Waals surface area contributed by atoms with E-state index in [4.69, 9.17) is 4.42 Å². The Bertz CT molecular complexity index is 888. The fourth-order valence-electron chi connectivity index (χ4n) is 2.55. The minimum absolute atomic E-state index is 0.246. The average molecular weight is 373 g/mol. The average Bonchev–Trinajstić information content (AvgIpc) is 3.23. The van der Waals surface area contributed by atoms with Gasteiger partial charge in [0.05, 0.1) is 5.56 Å². The maximum atomic E-state index is 12.1. The third-order valence-electron chi connectivity index (χ3n) is 3.84. The Hall–Kier alpha value is -2.78. The molecular weight excluding hydrogens is 354 g/mol. The molecule has 0 radical (unpaired) electrons. The molecule has 3 aromatic heterocycles. The SMILES string of the molecule is Cc1cc(C(C)(O)CNc2ccc(C(=O)Nc3nncs3)cn2)c(C)o1. The highest BCUT2D eigenvalue weighted by molar-refractivity contribution is 7.13. The van der Waals surface area contributed by atoms with Crippen LogP contribution in [0.25, 0.3) is 0 Å². The molecule has 26 heavy (non-hydrogen) atoms. The highest BCUT2D eigenvalue weighted by atomic mass is 32.1. The molecule has 0 saturated carbocycles. The van der Waals surface area contributed by atoms with Gasteiger partial charge in [-0.2, -0.15) is 0 Å². The number of nitrogens with one attached hydrogen (secondary N) is 2. The first-order chi connectivity index (χ1) is 12.3. The van der Waals surface area contributed by atoms with Gasteiger partial charge in [-0.15, -0.1) is 10.2 Å². The summed E-state index contributed by atoms with van der Waals surface area (Å²) in [5.41, 5.74) is 1.56. The number of aromatic nitrogens is 3. The normalized spacial score (nSPS) is 13.2. The van der Waals surface area contributed by atoms with Gasteiger partial charge in [-0.3, -0.25) is 10.1 Å². The van der Waals surface area contributed by atoms with Gasteiger partial charge in [0.2, 0.25) is 5.13 Å². The molecule has 0 fully saturated rings. The highest BCUT2D eigenvalue weighted by Gasteiger charge is 2.27. The highest BCUT2D eigenvalue weighted by Crippen LogP contribution is 2.27. The number of anilines is 2. The number of pyridine rings is 1. The van der Waals surface area contributed by atoms with Crippen molar-refractivity contribution < 1.29 is 14.3 Å². The van der Waals surface area contributed by atoms with E-state index >= 15 is 0 Å². The zero-order valence-corrected chi connectivity index (χ0v) is 15.4. The van der Waals surface area contributed by atoms with Crippen molar-refractivity contribution in [3.8, 4) is 0 Å². The number of aliphatic hydroxyl groups is 1. The predicted molar refractivity (Wildman–Crippen MR) is 98.3 cm³/mol. The molecule has 0 bridgehead atoms. The summed E-state index contributed by atoms with van der Waals surface area (Å²) in [6, 6.07) is 5.15.